The molecule has 1 aliphatic rings. The highest BCUT2D eigenvalue weighted by Gasteiger charge is 2.32. The number of rotatable bonds is 2. The van der Waals surface area contributed by atoms with E-state index in [0.717, 1.165) is 19.5 Å². The molecule has 1 fully saturated rings. The number of nitrogens with zero attached hydrogens (tertiary/aromatic N) is 3. The number of anilines is 1. The Morgan fingerprint density at radius 1 is 1.42 bits per heavy atom. The summed E-state index contributed by atoms with van der Waals surface area (Å²) in [7, 11) is -1.56. The number of likely N-dealkylation sites (N-methyl/N-ethyl adjacent to an activating group) is 1. The number of hydrogen-bond donors (Lipinski definition) is 1. The van der Waals surface area contributed by atoms with Gasteiger partial charge < -0.3 is 10.6 Å². The summed E-state index contributed by atoms with van der Waals surface area (Å²) in [6, 6.07) is 3.04. The Hall–Kier alpha value is -1.18. The number of aromatic nitrogens is 1. The summed E-state index contributed by atoms with van der Waals surface area (Å²) in [5, 5.41) is 0. The predicted octanol–water partition coefficient (Wildman–Crippen LogP) is 0.379. The van der Waals surface area contributed by atoms with Gasteiger partial charge in [-0.2, -0.15) is 4.31 Å². The molecule has 0 saturated carbocycles. The zero-order valence-electron chi connectivity index (χ0n) is 11.3. The van der Waals surface area contributed by atoms with E-state index in [0.29, 0.717) is 6.54 Å². The van der Waals surface area contributed by atoms with E-state index in [1.54, 1.807) is 6.07 Å². The van der Waals surface area contributed by atoms with Crippen molar-refractivity contribution >= 4 is 15.8 Å². The minimum absolute atomic E-state index is 0.0623. The summed E-state index contributed by atoms with van der Waals surface area (Å²) in [6.07, 6.45) is 2.31. The van der Waals surface area contributed by atoms with Crippen molar-refractivity contribution in [2.24, 2.45) is 0 Å². The Morgan fingerprint density at radius 3 is 2.84 bits per heavy atom. The molecule has 19 heavy (non-hydrogen) atoms. The Morgan fingerprint density at radius 2 is 2.16 bits per heavy atom. The maximum Gasteiger partial charge on any atom is 0.247 e. The van der Waals surface area contributed by atoms with E-state index in [9.17, 15) is 8.42 Å². The average molecular weight is 284 g/mol. The van der Waals surface area contributed by atoms with Crippen LogP contribution in [0.25, 0.3) is 0 Å². The van der Waals surface area contributed by atoms with Crippen molar-refractivity contribution in [3.63, 3.8) is 0 Å². The molecule has 0 bridgehead atoms. The average Bonchev–Trinajstić information content (AvgIpc) is 2.50. The van der Waals surface area contributed by atoms with Crippen LogP contribution in [0.5, 0.6) is 0 Å². The van der Waals surface area contributed by atoms with E-state index in [1.807, 2.05) is 14.0 Å². The highest BCUT2D eigenvalue weighted by Crippen LogP contribution is 2.23. The van der Waals surface area contributed by atoms with E-state index < -0.39 is 10.0 Å². The second kappa shape index (κ2) is 5.44. The van der Waals surface area contributed by atoms with Crippen LogP contribution in [-0.4, -0.2) is 55.3 Å². The topological polar surface area (TPSA) is 79.5 Å². The first-order valence-electron chi connectivity index (χ1n) is 6.34. The third-order valence-corrected chi connectivity index (χ3v) is 5.43. The molecule has 1 unspecified atom stereocenters. The zero-order valence-corrected chi connectivity index (χ0v) is 12.1. The van der Waals surface area contributed by atoms with Gasteiger partial charge in [-0.05, 0) is 39.1 Å². The third-order valence-electron chi connectivity index (χ3n) is 3.37. The van der Waals surface area contributed by atoms with E-state index in [-0.39, 0.29) is 16.8 Å². The van der Waals surface area contributed by atoms with Gasteiger partial charge in [-0.25, -0.2) is 13.4 Å². The van der Waals surface area contributed by atoms with Crippen LogP contribution in [0.15, 0.2) is 23.2 Å². The summed E-state index contributed by atoms with van der Waals surface area (Å²) >= 11 is 0. The van der Waals surface area contributed by atoms with Gasteiger partial charge in [-0.15, -0.1) is 0 Å². The van der Waals surface area contributed by atoms with E-state index in [2.05, 4.69) is 9.88 Å². The monoisotopic (exact) mass is 284 g/mol. The lowest BCUT2D eigenvalue weighted by atomic mass is 10.3. The summed E-state index contributed by atoms with van der Waals surface area (Å²) in [4.78, 5) is 6.11. The number of hydrogen-bond acceptors (Lipinski definition) is 5. The van der Waals surface area contributed by atoms with Gasteiger partial charge in [0, 0.05) is 25.3 Å². The fourth-order valence-corrected chi connectivity index (χ4v) is 4.18. The summed E-state index contributed by atoms with van der Waals surface area (Å²) < 4.78 is 26.9. The van der Waals surface area contributed by atoms with Gasteiger partial charge in [0.15, 0.2) is 0 Å². The maximum atomic E-state index is 12.7. The van der Waals surface area contributed by atoms with Crippen LogP contribution in [0.1, 0.15) is 13.3 Å². The standard InChI is InChI=1S/C12H20N4O2S/c1-10-9-15(2)7-4-8-16(10)19(17,18)11-5-3-6-14-12(11)13/h3,5-6,10H,4,7-9H2,1-2H3,(H2,13,14). The van der Waals surface area contributed by atoms with Gasteiger partial charge in [-0.3, -0.25) is 0 Å². The van der Waals surface area contributed by atoms with E-state index >= 15 is 0 Å². The largest absolute Gasteiger partial charge is 0.383 e. The molecule has 2 heterocycles. The molecule has 2 rings (SSSR count). The lowest BCUT2D eigenvalue weighted by Gasteiger charge is -2.27. The molecule has 0 spiro atoms. The van der Waals surface area contributed by atoms with Crippen molar-refractivity contribution in [3.8, 4) is 0 Å². The zero-order chi connectivity index (χ0) is 14.0. The van der Waals surface area contributed by atoms with E-state index in [4.69, 9.17) is 5.73 Å². The predicted molar refractivity (Wildman–Crippen MR) is 74.1 cm³/mol. The summed E-state index contributed by atoms with van der Waals surface area (Å²) in [5.74, 6) is 0.0623. The molecule has 2 N–H and O–H groups in total. The Balaban J connectivity index is 2.36. The quantitative estimate of drug-likeness (QED) is 0.849. The molecule has 0 aromatic carbocycles. The lowest BCUT2D eigenvalue weighted by molar-refractivity contribution is 0.290. The lowest BCUT2D eigenvalue weighted by Crippen LogP contribution is -2.42. The molecule has 1 aromatic rings. The molecule has 1 atom stereocenters. The van der Waals surface area contributed by atoms with Crippen LogP contribution < -0.4 is 5.73 Å². The Bertz CT molecular complexity index is 546. The minimum Gasteiger partial charge on any atom is -0.383 e. The van der Waals surface area contributed by atoms with E-state index in [1.165, 1.54) is 16.6 Å². The van der Waals surface area contributed by atoms with Gasteiger partial charge in [0.05, 0.1) is 0 Å². The summed E-state index contributed by atoms with van der Waals surface area (Å²) in [5.41, 5.74) is 5.70. The SMILES string of the molecule is CC1CN(C)CCCN1S(=O)(=O)c1cccnc1N. The highest BCUT2D eigenvalue weighted by molar-refractivity contribution is 7.89. The Kier molecular flexibility index (Phi) is 4.07. The molecule has 6 nitrogen and oxygen atoms in total. The molecule has 106 valence electrons. The number of nitrogen functional groups attached to an aromatic ring is 1. The third kappa shape index (κ3) is 2.88. The minimum atomic E-state index is -3.57. The normalized spacial score (nSPS) is 23.2. The first-order chi connectivity index (χ1) is 8.93. The molecule has 1 saturated heterocycles. The molecule has 1 aliphatic heterocycles. The number of sulfonamides is 1. The molecule has 0 amide bonds. The fourth-order valence-electron chi connectivity index (χ4n) is 2.45. The van der Waals surface area contributed by atoms with Crippen molar-refractivity contribution in [2.45, 2.75) is 24.3 Å². The highest BCUT2D eigenvalue weighted by atomic mass is 32.2. The molecule has 0 radical (unpaired) electrons. The fraction of sp³-hybridized carbons (Fsp3) is 0.583. The second-order valence-electron chi connectivity index (χ2n) is 4.97. The number of nitrogens with two attached hydrogens (primary N) is 1. The van der Waals surface area contributed by atoms with Crippen molar-refractivity contribution in [1.82, 2.24) is 14.2 Å². The van der Waals surface area contributed by atoms with Crippen LogP contribution in [0.4, 0.5) is 5.82 Å². The maximum absolute atomic E-state index is 12.7. The van der Waals surface area contributed by atoms with Crippen molar-refractivity contribution in [1.29, 1.82) is 0 Å². The van der Waals surface area contributed by atoms with Gasteiger partial charge in [0.1, 0.15) is 10.7 Å². The van der Waals surface area contributed by atoms with Crippen LogP contribution in [-0.2, 0) is 10.0 Å². The van der Waals surface area contributed by atoms with Crippen LogP contribution >= 0.6 is 0 Å². The van der Waals surface area contributed by atoms with Crippen LogP contribution in [0.3, 0.4) is 0 Å². The number of pyridine rings is 1. The van der Waals surface area contributed by atoms with Crippen molar-refractivity contribution in [2.75, 3.05) is 32.4 Å². The van der Waals surface area contributed by atoms with Gasteiger partial charge >= 0.3 is 0 Å². The van der Waals surface area contributed by atoms with Crippen LogP contribution in [0, 0.1) is 0 Å². The smallest absolute Gasteiger partial charge is 0.247 e. The molecular weight excluding hydrogens is 264 g/mol. The summed E-state index contributed by atoms with van der Waals surface area (Å²) in [6.45, 7) is 4.06. The van der Waals surface area contributed by atoms with Gasteiger partial charge in [0.2, 0.25) is 10.0 Å². The first-order valence-corrected chi connectivity index (χ1v) is 7.78. The second-order valence-corrected chi connectivity index (χ2v) is 6.83. The molecular formula is C12H20N4O2S. The van der Waals surface area contributed by atoms with Crippen LogP contribution in [0.2, 0.25) is 0 Å². The van der Waals surface area contributed by atoms with Crippen molar-refractivity contribution in [3.05, 3.63) is 18.3 Å². The molecule has 1 aromatic heterocycles. The molecule has 7 heteroatoms. The van der Waals surface area contributed by atoms with Crippen molar-refractivity contribution < 1.29 is 8.42 Å². The Labute approximate surface area is 114 Å². The molecule has 0 aliphatic carbocycles. The van der Waals surface area contributed by atoms with Gasteiger partial charge in [-0.1, -0.05) is 0 Å². The van der Waals surface area contributed by atoms with Gasteiger partial charge in [0.25, 0.3) is 0 Å². The first kappa shape index (κ1) is 14.2.